The molecule has 21 heavy (non-hydrogen) atoms. The number of amides is 1. The Kier molecular flexibility index (Phi) is 6.54. The zero-order valence-corrected chi connectivity index (χ0v) is 17.0. The third-order valence-corrected chi connectivity index (χ3v) is 4.27. The number of carbonyl (C=O) groups excluding carboxylic acids is 1. The molecule has 124 valence electrons. The molecule has 1 rings (SSSR count). The molecule has 0 atom stereocenters. The van der Waals surface area contributed by atoms with Crippen molar-refractivity contribution in [1.82, 2.24) is 15.5 Å². The van der Waals surface area contributed by atoms with Gasteiger partial charge in [-0.25, -0.2) is 0 Å². The SMILES string of the molecule is CN=C(NCC(=O)NC(C)(C)C)N1CC(C)(C)C1(C)C.I. The van der Waals surface area contributed by atoms with Gasteiger partial charge in [-0.1, -0.05) is 13.8 Å². The van der Waals surface area contributed by atoms with Crippen LogP contribution in [0.5, 0.6) is 0 Å². The van der Waals surface area contributed by atoms with Gasteiger partial charge in [0.2, 0.25) is 5.91 Å². The van der Waals surface area contributed by atoms with E-state index in [1.54, 1.807) is 7.05 Å². The first-order valence-electron chi connectivity index (χ1n) is 7.20. The highest BCUT2D eigenvalue weighted by Crippen LogP contribution is 2.46. The fourth-order valence-corrected chi connectivity index (χ4v) is 2.32. The van der Waals surface area contributed by atoms with Crippen LogP contribution in [0.1, 0.15) is 48.5 Å². The average Bonchev–Trinajstić information content (AvgIpc) is 2.25. The standard InChI is InChI=1S/C15H30N4O.HI/c1-13(2,3)18-11(20)9-17-12(16-8)19-10-14(4,5)15(19,6)7;/h9-10H2,1-8H3,(H,16,17)(H,18,20);1H. The number of nitrogens with one attached hydrogen (secondary N) is 2. The van der Waals surface area contributed by atoms with Crippen LogP contribution in [0.4, 0.5) is 0 Å². The number of rotatable bonds is 2. The van der Waals surface area contributed by atoms with Crippen LogP contribution in [0.2, 0.25) is 0 Å². The van der Waals surface area contributed by atoms with E-state index in [0.717, 1.165) is 12.5 Å². The van der Waals surface area contributed by atoms with Gasteiger partial charge in [0, 0.05) is 30.1 Å². The van der Waals surface area contributed by atoms with Gasteiger partial charge >= 0.3 is 0 Å². The van der Waals surface area contributed by atoms with Gasteiger partial charge in [0.15, 0.2) is 5.96 Å². The number of hydrogen-bond acceptors (Lipinski definition) is 2. The van der Waals surface area contributed by atoms with E-state index in [2.05, 4.69) is 48.2 Å². The number of guanidine groups is 1. The van der Waals surface area contributed by atoms with Crippen molar-refractivity contribution in [3.8, 4) is 0 Å². The summed E-state index contributed by atoms with van der Waals surface area (Å²) < 4.78 is 0. The summed E-state index contributed by atoms with van der Waals surface area (Å²) in [5.74, 6) is 0.773. The molecule has 1 amide bonds. The maximum absolute atomic E-state index is 11.8. The highest BCUT2D eigenvalue weighted by molar-refractivity contribution is 14.0. The quantitative estimate of drug-likeness (QED) is 0.417. The fraction of sp³-hybridized carbons (Fsp3) is 0.867. The van der Waals surface area contributed by atoms with Gasteiger partial charge in [0.1, 0.15) is 0 Å². The zero-order valence-electron chi connectivity index (χ0n) is 14.6. The Morgan fingerprint density at radius 2 is 1.76 bits per heavy atom. The minimum Gasteiger partial charge on any atom is -0.350 e. The van der Waals surface area contributed by atoms with Crippen molar-refractivity contribution in [2.75, 3.05) is 20.1 Å². The summed E-state index contributed by atoms with van der Waals surface area (Å²) in [6.07, 6.45) is 0. The Hall–Kier alpha value is -0.530. The van der Waals surface area contributed by atoms with Crippen LogP contribution in [-0.4, -0.2) is 48.0 Å². The number of likely N-dealkylation sites (tertiary alicyclic amines) is 1. The summed E-state index contributed by atoms with van der Waals surface area (Å²) in [4.78, 5) is 18.4. The van der Waals surface area contributed by atoms with Crippen LogP contribution in [0.25, 0.3) is 0 Å². The van der Waals surface area contributed by atoms with Gasteiger partial charge in [-0.05, 0) is 34.6 Å². The first-order valence-corrected chi connectivity index (χ1v) is 7.20. The van der Waals surface area contributed by atoms with Crippen LogP contribution in [-0.2, 0) is 4.79 Å². The van der Waals surface area contributed by atoms with Gasteiger partial charge in [0.05, 0.1) is 6.54 Å². The second-order valence-electron chi connectivity index (χ2n) is 7.73. The molecular weight excluding hydrogens is 379 g/mol. The third-order valence-electron chi connectivity index (χ3n) is 4.27. The molecule has 0 unspecified atom stereocenters. The molecule has 0 radical (unpaired) electrons. The lowest BCUT2D eigenvalue weighted by Crippen LogP contribution is -2.72. The molecule has 6 heteroatoms. The summed E-state index contributed by atoms with van der Waals surface area (Å²) in [6, 6.07) is 0. The summed E-state index contributed by atoms with van der Waals surface area (Å²) in [6.45, 7) is 16.0. The Morgan fingerprint density at radius 3 is 2.10 bits per heavy atom. The van der Waals surface area contributed by atoms with Crippen LogP contribution >= 0.6 is 24.0 Å². The summed E-state index contributed by atoms with van der Waals surface area (Å²) in [5.41, 5.74) is 0.0773. The summed E-state index contributed by atoms with van der Waals surface area (Å²) in [7, 11) is 1.76. The smallest absolute Gasteiger partial charge is 0.239 e. The van der Waals surface area contributed by atoms with Crippen molar-refractivity contribution in [2.24, 2.45) is 10.4 Å². The molecule has 0 aromatic rings. The zero-order chi connectivity index (χ0) is 15.8. The first-order chi connectivity index (χ1) is 8.90. The Bertz CT molecular complexity index is 410. The Balaban J connectivity index is 0.00000400. The van der Waals surface area contributed by atoms with Crippen LogP contribution < -0.4 is 10.6 Å². The molecule has 1 saturated heterocycles. The van der Waals surface area contributed by atoms with Gasteiger partial charge < -0.3 is 15.5 Å². The van der Waals surface area contributed by atoms with Crippen molar-refractivity contribution >= 4 is 35.8 Å². The molecule has 0 bridgehead atoms. The number of aliphatic imine (C=N–C) groups is 1. The third kappa shape index (κ3) is 4.72. The van der Waals surface area contributed by atoms with Gasteiger partial charge in [-0.2, -0.15) is 0 Å². The van der Waals surface area contributed by atoms with Crippen molar-refractivity contribution in [3.63, 3.8) is 0 Å². The monoisotopic (exact) mass is 410 g/mol. The molecular formula is C15H31IN4O. The number of nitrogens with zero attached hydrogens (tertiary/aromatic N) is 2. The molecule has 1 aliphatic heterocycles. The normalized spacial score (nSPS) is 20.2. The van der Waals surface area contributed by atoms with Crippen molar-refractivity contribution in [2.45, 2.75) is 59.5 Å². The van der Waals surface area contributed by atoms with Crippen LogP contribution in [0.3, 0.4) is 0 Å². The van der Waals surface area contributed by atoms with Crippen molar-refractivity contribution in [3.05, 3.63) is 0 Å². The second-order valence-corrected chi connectivity index (χ2v) is 7.73. The molecule has 5 nitrogen and oxygen atoms in total. The van der Waals surface area contributed by atoms with Crippen molar-refractivity contribution < 1.29 is 4.79 Å². The van der Waals surface area contributed by atoms with Gasteiger partial charge in [0.25, 0.3) is 0 Å². The molecule has 0 aromatic carbocycles. The van der Waals surface area contributed by atoms with E-state index in [4.69, 9.17) is 0 Å². The van der Waals surface area contributed by atoms with E-state index in [-0.39, 0.29) is 52.9 Å². The van der Waals surface area contributed by atoms with Gasteiger partial charge in [-0.3, -0.25) is 9.79 Å². The van der Waals surface area contributed by atoms with E-state index in [0.29, 0.717) is 0 Å². The lowest BCUT2D eigenvalue weighted by atomic mass is 9.65. The van der Waals surface area contributed by atoms with E-state index in [9.17, 15) is 4.79 Å². The highest BCUT2D eigenvalue weighted by atomic mass is 127. The molecule has 1 fully saturated rings. The number of carbonyl (C=O) groups is 1. The Morgan fingerprint density at radius 1 is 1.24 bits per heavy atom. The molecule has 0 saturated carbocycles. The maximum Gasteiger partial charge on any atom is 0.239 e. The molecule has 1 heterocycles. The summed E-state index contributed by atoms with van der Waals surface area (Å²) in [5, 5.41) is 6.09. The minimum absolute atomic E-state index is 0. The predicted octanol–water partition coefficient (Wildman–Crippen LogP) is 2.21. The summed E-state index contributed by atoms with van der Waals surface area (Å²) >= 11 is 0. The predicted molar refractivity (Wildman–Crippen MR) is 99.2 cm³/mol. The van der Waals surface area contributed by atoms with Gasteiger partial charge in [-0.15, -0.1) is 24.0 Å². The lowest BCUT2D eigenvalue weighted by Gasteiger charge is -2.62. The number of halogens is 1. The maximum atomic E-state index is 11.8. The molecule has 0 spiro atoms. The van der Waals surface area contributed by atoms with Crippen LogP contribution in [0.15, 0.2) is 4.99 Å². The molecule has 2 N–H and O–H groups in total. The average molecular weight is 410 g/mol. The number of hydrogen-bond donors (Lipinski definition) is 2. The molecule has 0 aromatic heterocycles. The first kappa shape index (κ1) is 20.5. The Labute approximate surface area is 146 Å². The fourth-order valence-electron chi connectivity index (χ4n) is 2.32. The van der Waals surface area contributed by atoms with E-state index in [1.807, 2.05) is 20.8 Å². The lowest BCUT2D eigenvalue weighted by molar-refractivity contribution is -0.121. The van der Waals surface area contributed by atoms with Crippen LogP contribution in [0, 0.1) is 5.41 Å². The topological polar surface area (TPSA) is 56.7 Å². The molecule has 0 aliphatic carbocycles. The van der Waals surface area contributed by atoms with E-state index >= 15 is 0 Å². The van der Waals surface area contributed by atoms with Crippen molar-refractivity contribution in [1.29, 1.82) is 0 Å². The molecule has 1 aliphatic rings. The van der Waals surface area contributed by atoms with E-state index < -0.39 is 0 Å². The van der Waals surface area contributed by atoms with E-state index in [1.165, 1.54) is 0 Å². The minimum atomic E-state index is -0.208. The largest absolute Gasteiger partial charge is 0.350 e. The second kappa shape index (κ2) is 6.71. The highest BCUT2D eigenvalue weighted by Gasteiger charge is 2.53.